The van der Waals surface area contributed by atoms with Crippen LogP contribution in [0.5, 0.6) is 0 Å². The van der Waals surface area contributed by atoms with E-state index >= 15 is 0 Å². The molecule has 3 heteroatoms. The van der Waals surface area contributed by atoms with Crippen molar-refractivity contribution in [2.45, 2.75) is 19.6 Å². The van der Waals surface area contributed by atoms with Gasteiger partial charge in [-0.1, -0.05) is 6.92 Å². The maximum absolute atomic E-state index is 9.29. The number of aliphatic hydroxyl groups is 1. The van der Waals surface area contributed by atoms with Crippen molar-refractivity contribution >= 4 is 0 Å². The van der Waals surface area contributed by atoms with Crippen molar-refractivity contribution in [2.75, 3.05) is 14.1 Å². The fourth-order valence-electron chi connectivity index (χ4n) is 0.729. The normalized spacial score (nSPS) is 16.4. The van der Waals surface area contributed by atoms with E-state index in [4.69, 9.17) is 5.26 Å². The van der Waals surface area contributed by atoms with Crippen LogP contribution in [0.15, 0.2) is 0 Å². The molecular formula is C7H14N2O. The molecule has 0 rings (SSSR count). The number of aliphatic hydroxyl groups excluding tert-OH is 1. The molecule has 58 valence electrons. The van der Waals surface area contributed by atoms with E-state index in [9.17, 15) is 5.11 Å². The standard InChI is InChI=1S/C7H14N2O/c1-4-6(5-8)7(10)9(2)3/h6-7,10H,4H2,1-3H3. The summed E-state index contributed by atoms with van der Waals surface area (Å²) in [4.78, 5) is 1.64. The van der Waals surface area contributed by atoms with E-state index in [0.29, 0.717) is 6.42 Å². The van der Waals surface area contributed by atoms with E-state index in [0.717, 1.165) is 0 Å². The van der Waals surface area contributed by atoms with Gasteiger partial charge in [-0.2, -0.15) is 5.26 Å². The van der Waals surface area contributed by atoms with Crippen molar-refractivity contribution in [1.82, 2.24) is 4.90 Å². The summed E-state index contributed by atoms with van der Waals surface area (Å²) < 4.78 is 0. The van der Waals surface area contributed by atoms with Crippen LogP contribution < -0.4 is 0 Å². The summed E-state index contributed by atoms with van der Waals surface area (Å²) in [5.74, 6) is -0.269. The summed E-state index contributed by atoms with van der Waals surface area (Å²) in [5.41, 5.74) is 0. The Morgan fingerprint density at radius 3 is 2.20 bits per heavy atom. The third-order valence-corrected chi connectivity index (χ3v) is 1.49. The highest BCUT2D eigenvalue weighted by molar-refractivity contribution is 4.85. The van der Waals surface area contributed by atoms with Crippen molar-refractivity contribution in [1.29, 1.82) is 5.26 Å². The predicted molar refractivity (Wildman–Crippen MR) is 39.1 cm³/mol. The van der Waals surface area contributed by atoms with Gasteiger partial charge in [0.1, 0.15) is 6.23 Å². The Hall–Kier alpha value is -0.590. The van der Waals surface area contributed by atoms with Crippen LogP contribution >= 0.6 is 0 Å². The van der Waals surface area contributed by atoms with E-state index in [1.807, 2.05) is 13.0 Å². The zero-order valence-electron chi connectivity index (χ0n) is 6.70. The van der Waals surface area contributed by atoms with E-state index in [2.05, 4.69) is 0 Å². The second-order valence-corrected chi connectivity index (χ2v) is 2.52. The molecular weight excluding hydrogens is 128 g/mol. The largest absolute Gasteiger partial charge is 0.377 e. The van der Waals surface area contributed by atoms with Crippen molar-refractivity contribution < 1.29 is 5.11 Å². The van der Waals surface area contributed by atoms with Gasteiger partial charge in [-0.05, 0) is 20.5 Å². The topological polar surface area (TPSA) is 47.3 Å². The van der Waals surface area contributed by atoms with Gasteiger partial charge in [0, 0.05) is 0 Å². The number of nitriles is 1. The molecule has 0 heterocycles. The number of hydrogen-bond acceptors (Lipinski definition) is 3. The Bertz CT molecular complexity index is 128. The Balaban J connectivity index is 3.92. The average Bonchev–Trinajstić information content (AvgIpc) is 1.90. The van der Waals surface area contributed by atoms with Crippen LogP contribution in [0.1, 0.15) is 13.3 Å². The summed E-state index contributed by atoms with van der Waals surface area (Å²) >= 11 is 0. The van der Waals surface area contributed by atoms with Crippen molar-refractivity contribution in [3.05, 3.63) is 0 Å². The molecule has 0 amide bonds. The molecule has 0 aliphatic heterocycles. The monoisotopic (exact) mass is 142 g/mol. The predicted octanol–water partition coefficient (Wildman–Crippen LogP) is 0.416. The van der Waals surface area contributed by atoms with Crippen molar-refractivity contribution in [2.24, 2.45) is 5.92 Å². The summed E-state index contributed by atoms with van der Waals surface area (Å²) in [6.45, 7) is 1.89. The van der Waals surface area contributed by atoms with Crippen molar-refractivity contribution in [3.8, 4) is 6.07 Å². The van der Waals surface area contributed by atoms with Crippen LogP contribution in [-0.2, 0) is 0 Å². The third kappa shape index (κ3) is 2.34. The molecule has 10 heavy (non-hydrogen) atoms. The highest BCUT2D eigenvalue weighted by Crippen LogP contribution is 2.08. The van der Waals surface area contributed by atoms with Crippen LogP contribution in [-0.4, -0.2) is 30.3 Å². The van der Waals surface area contributed by atoms with Gasteiger partial charge in [-0.3, -0.25) is 4.90 Å². The first kappa shape index (κ1) is 9.41. The molecule has 2 atom stereocenters. The van der Waals surface area contributed by atoms with Gasteiger partial charge in [-0.15, -0.1) is 0 Å². The van der Waals surface area contributed by atoms with Gasteiger partial charge in [-0.25, -0.2) is 0 Å². The first-order chi connectivity index (χ1) is 4.63. The third-order valence-electron chi connectivity index (χ3n) is 1.49. The molecule has 0 aromatic rings. The number of nitrogens with zero attached hydrogens (tertiary/aromatic N) is 2. The average molecular weight is 142 g/mol. The molecule has 0 aliphatic carbocycles. The van der Waals surface area contributed by atoms with Gasteiger partial charge in [0.05, 0.1) is 12.0 Å². The maximum atomic E-state index is 9.29. The first-order valence-corrected chi connectivity index (χ1v) is 3.37. The fraction of sp³-hybridized carbons (Fsp3) is 0.857. The Morgan fingerprint density at radius 2 is 2.10 bits per heavy atom. The molecule has 3 nitrogen and oxygen atoms in total. The Labute approximate surface area is 61.9 Å². The summed E-state index contributed by atoms with van der Waals surface area (Å²) in [6, 6.07) is 2.04. The molecule has 0 bridgehead atoms. The SMILES string of the molecule is CCC(C#N)C(O)N(C)C. The highest BCUT2D eigenvalue weighted by atomic mass is 16.3. The van der Waals surface area contributed by atoms with Crippen LogP contribution in [0, 0.1) is 17.2 Å². The van der Waals surface area contributed by atoms with E-state index in [1.54, 1.807) is 19.0 Å². The minimum Gasteiger partial charge on any atom is -0.377 e. The molecule has 0 saturated heterocycles. The molecule has 0 aromatic heterocycles. The number of rotatable bonds is 3. The lowest BCUT2D eigenvalue weighted by atomic mass is 10.1. The Morgan fingerprint density at radius 1 is 1.60 bits per heavy atom. The molecule has 0 spiro atoms. The maximum Gasteiger partial charge on any atom is 0.122 e. The van der Waals surface area contributed by atoms with E-state index < -0.39 is 6.23 Å². The molecule has 0 aliphatic rings. The van der Waals surface area contributed by atoms with Gasteiger partial charge < -0.3 is 5.11 Å². The molecule has 2 unspecified atom stereocenters. The second-order valence-electron chi connectivity index (χ2n) is 2.52. The van der Waals surface area contributed by atoms with Gasteiger partial charge in [0.25, 0.3) is 0 Å². The zero-order chi connectivity index (χ0) is 8.15. The lowest BCUT2D eigenvalue weighted by molar-refractivity contribution is 0.00735. The van der Waals surface area contributed by atoms with E-state index in [1.165, 1.54) is 0 Å². The van der Waals surface area contributed by atoms with Crippen molar-refractivity contribution in [3.63, 3.8) is 0 Å². The van der Waals surface area contributed by atoms with Crippen LogP contribution in [0.25, 0.3) is 0 Å². The van der Waals surface area contributed by atoms with Gasteiger partial charge >= 0.3 is 0 Å². The summed E-state index contributed by atoms with van der Waals surface area (Å²) in [7, 11) is 3.51. The molecule has 0 radical (unpaired) electrons. The zero-order valence-corrected chi connectivity index (χ0v) is 6.70. The first-order valence-electron chi connectivity index (χ1n) is 3.37. The smallest absolute Gasteiger partial charge is 0.122 e. The van der Waals surface area contributed by atoms with Crippen LogP contribution in [0.4, 0.5) is 0 Å². The fourth-order valence-corrected chi connectivity index (χ4v) is 0.729. The summed E-state index contributed by atoms with van der Waals surface area (Å²) in [6.07, 6.45) is 0.0607. The van der Waals surface area contributed by atoms with Gasteiger partial charge in [0.15, 0.2) is 0 Å². The quantitative estimate of drug-likeness (QED) is 0.581. The molecule has 1 N–H and O–H groups in total. The molecule has 0 saturated carbocycles. The van der Waals surface area contributed by atoms with Crippen LogP contribution in [0.2, 0.25) is 0 Å². The lowest BCUT2D eigenvalue weighted by Gasteiger charge is -2.21. The van der Waals surface area contributed by atoms with Gasteiger partial charge in [0.2, 0.25) is 0 Å². The van der Waals surface area contributed by atoms with E-state index in [-0.39, 0.29) is 5.92 Å². The summed E-state index contributed by atoms with van der Waals surface area (Å²) in [5, 5.41) is 17.8. The Kier molecular flexibility index (Phi) is 4.01. The second kappa shape index (κ2) is 4.26. The number of hydrogen-bond donors (Lipinski definition) is 1. The molecule has 0 fully saturated rings. The minimum atomic E-state index is -0.630. The lowest BCUT2D eigenvalue weighted by Crippen LogP contribution is -2.33. The minimum absolute atomic E-state index is 0.269. The molecule has 0 aromatic carbocycles. The highest BCUT2D eigenvalue weighted by Gasteiger charge is 2.17. The van der Waals surface area contributed by atoms with Crippen LogP contribution in [0.3, 0.4) is 0 Å².